The summed E-state index contributed by atoms with van der Waals surface area (Å²) in [7, 11) is -3.75. The molecule has 0 aliphatic carbocycles. The van der Waals surface area contributed by atoms with Crippen LogP contribution in [0.2, 0.25) is 0 Å². The Balaban J connectivity index is 2.57. The molecule has 5 heteroatoms. The van der Waals surface area contributed by atoms with Gasteiger partial charge in [0.15, 0.2) is 0 Å². The molecule has 0 saturated heterocycles. The average Bonchev–Trinajstić information content (AvgIpc) is 2.30. The Hall–Kier alpha value is -1.36. The molecule has 16 heavy (non-hydrogen) atoms. The molecule has 0 unspecified atom stereocenters. The van der Waals surface area contributed by atoms with Crippen molar-refractivity contribution in [1.29, 1.82) is 0 Å². The lowest BCUT2D eigenvalue weighted by Gasteiger charge is -1.99. The highest BCUT2D eigenvalue weighted by Crippen LogP contribution is 2.11. The van der Waals surface area contributed by atoms with Crippen molar-refractivity contribution in [3.8, 4) is 0 Å². The quantitative estimate of drug-likeness (QED) is 0.437. The van der Waals surface area contributed by atoms with Gasteiger partial charge in [-0.1, -0.05) is 36.7 Å². The van der Waals surface area contributed by atoms with Gasteiger partial charge in [0, 0.05) is 6.21 Å². The van der Waals surface area contributed by atoms with Crippen molar-refractivity contribution in [2.45, 2.75) is 31.1 Å². The first kappa shape index (κ1) is 12.7. The summed E-state index contributed by atoms with van der Waals surface area (Å²) in [5, 5.41) is 3.44. The van der Waals surface area contributed by atoms with E-state index in [2.05, 4.69) is 16.4 Å². The minimum absolute atomic E-state index is 0.114. The van der Waals surface area contributed by atoms with Crippen molar-refractivity contribution in [3.05, 3.63) is 30.3 Å². The fraction of sp³-hybridized carbons (Fsp3) is 0.364. The Morgan fingerprint density at radius 3 is 2.62 bits per heavy atom. The molecule has 0 aliphatic heterocycles. The van der Waals surface area contributed by atoms with Gasteiger partial charge in [-0.2, -0.15) is 8.42 Å². The third-order valence-electron chi connectivity index (χ3n) is 1.93. The minimum atomic E-state index is -3.75. The monoisotopic (exact) mass is 241 g/mol. The van der Waals surface area contributed by atoms with E-state index in [1.807, 2.05) is 0 Å². The lowest BCUT2D eigenvalue weighted by atomic mass is 10.3. The second-order valence-electron chi connectivity index (χ2n) is 3.27. The number of nitrogens with zero attached hydrogens (tertiary/aromatic N) is 1. The summed E-state index contributed by atoms with van der Waals surface area (Å²) < 4.78 is 27.6. The second kappa shape index (κ2) is 6.27. The smallest absolute Gasteiger partial charge is 0.265 e. The zero-order valence-electron chi connectivity index (χ0n) is 9.17. The Labute approximate surface area is 96.1 Å². The van der Waals surface area contributed by atoms with Crippen LogP contribution in [-0.4, -0.2) is 14.6 Å². The lowest BCUT2D eigenvalue weighted by molar-refractivity contribution is 0.339. The van der Waals surface area contributed by atoms with Crippen LogP contribution in [0, 0.1) is 0 Å². The van der Waals surface area contributed by atoms with Crippen molar-refractivity contribution in [2.75, 3.05) is 0 Å². The van der Waals surface area contributed by atoms with E-state index < -0.39 is 10.1 Å². The summed E-state index contributed by atoms with van der Waals surface area (Å²) in [5.41, 5.74) is 0. The molecule has 88 valence electrons. The Morgan fingerprint density at radius 2 is 2.00 bits per heavy atom. The predicted octanol–water partition coefficient (Wildman–Crippen LogP) is 2.57. The number of unbranched alkanes of at least 4 members (excludes halogenated alkanes) is 2. The highest BCUT2D eigenvalue weighted by Gasteiger charge is 2.13. The highest BCUT2D eigenvalue weighted by molar-refractivity contribution is 7.86. The van der Waals surface area contributed by atoms with Gasteiger partial charge in [-0.15, -0.1) is 0 Å². The second-order valence-corrected chi connectivity index (χ2v) is 4.80. The standard InChI is InChI=1S/C11H15NO3S/c1-2-3-7-10-12-15-16(13,14)11-8-5-4-6-9-11/h4-6,8-10H,2-3,7H2,1H3/b12-10+. The molecule has 0 saturated carbocycles. The van der Waals surface area contributed by atoms with Crippen LogP contribution in [0.1, 0.15) is 26.2 Å². The Kier molecular flexibility index (Phi) is 4.98. The van der Waals surface area contributed by atoms with E-state index in [4.69, 9.17) is 0 Å². The van der Waals surface area contributed by atoms with E-state index in [0.29, 0.717) is 0 Å². The first-order chi connectivity index (χ1) is 7.67. The highest BCUT2D eigenvalue weighted by atomic mass is 32.2. The van der Waals surface area contributed by atoms with Gasteiger partial charge in [0.1, 0.15) is 4.90 Å². The van der Waals surface area contributed by atoms with E-state index in [1.165, 1.54) is 18.3 Å². The number of benzene rings is 1. The maximum Gasteiger partial charge on any atom is 0.358 e. The molecule has 4 nitrogen and oxygen atoms in total. The van der Waals surface area contributed by atoms with Gasteiger partial charge in [0.2, 0.25) is 0 Å². The van der Waals surface area contributed by atoms with E-state index in [-0.39, 0.29) is 4.90 Å². The molecule has 0 N–H and O–H groups in total. The summed E-state index contributed by atoms with van der Waals surface area (Å²) in [6.07, 6.45) is 4.21. The Morgan fingerprint density at radius 1 is 1.31 bits per heavy atom. The van der Waals surface area contributed by atoms with Crippen LogP contribution in [0.3, 0.4) is 0 Å². The van der Waals surface area contributed by atoms with E-state index in [9.17, 15) is 8.42 Å². The number of hydrogen-bond donors (Lipinski definition) is 0. The first-order valence-corrected chi connectivity index (χ1v) is 6.58. The van der Waals surface area contributed by atoms with Crippen LogP contribution in [0.25, 0.3) is 0 Å². The SMILES string of the molecule is CCCC/C=N/OS(=O)(=O)c1ccccc1. The van der Waals surface area contributed by atoms with Gasteiger partial charge in [-0.25, -0.2) is 0 Å². The normalized spacial score (nSPS) is 11.8. The van der Waals surface area contributed by atoms with Crippen molar-refractivity contribution < 1.29 is 12.7 Å². The van der Waals surface area contributed by atoms with Gasteiger partial charge in [-0.05, 0) is 25.0 Å². The molecule has 0 spiro atoms. The topological polar surface area (TPSA) is 55.7 Å². The van der Waals surface area contributed by atoms with Crippen molar-refractivity contribution in [1.82, 2.24) is 0 Å². The van der Waals surface area contributed by atoms with E-state index >= 15 is 0 Å². The molecule has 0 bridgehead atoms. The fourth-order valence-corrected chi connectivity index (χ4v) is 1.82. The largest absolute Gasteiger partial charge is 0.358 e. The molecule has 0 heterocycles. The predicted molar refractivity (Wildman–Crippen MR) is 62.7 cm³/mol. The summed E-state index contributed by atoms with van der Waals surface area (Å²) >= 11 is 0. The molecule has 0 aromatic heterocycles. The Bertz CT molecular complexity index is 426. The van der Waals surface area contributed by atoms with Crippen LogP contribution < -0.4 is 0 Å². The average molecular weight is 241 g/mol. The summed E-state index contributed by atoms with van der Waals surface area (Å²) in [6.45, 7) is 2.05. The van der Waals surface area contributed by atoms with Gasteiger partial charge < -0.3 is 0 Å². The molecular formula is C11H15NO3S. The number of rotatable bonds is 6. The molecule has 0 fully saturated rings. The van der Waals surface area contributed by atoms with Crippen molar-refractivity contribution in [2.24, 2.45) is 5.16 Å². The third-order valence-corrected chi connectivity index (χ3v) is 3.07. The van der Waals surface area contributed by atoms with Crippen LogP contribution in [0.4, 0.5) is 0 Å². The third kappa shape index (κ3) is 4.02. The van der Waals surface area contributed by atoms with E-state index in [1.54, 1.807) is 18.2 Å². The number of oxime groups is 1. The fourth-order valence-electron chi connectivity index (χ4n) is 1.07. The summed E-state index contributed by atoms with van der Waals surface area (Å²) in [4.78, 5) is 0.114. The zero-order chi connectivity index (χ0) is 11.9. The first-order valence-electron chi connectivity index (χ1n) is 5.17. The van der Waals surface area contributed by atoms with Gasteiger partial charge >= 0.3 is 10.1 Å². The van der Waals surface area contributed by atoms with Crippen molar-refractivity contribution >= 4 is 16.3 Å². The maximum atomic E-state index is 11.5. The molecule has 0 amide bonds. The molecule has 1 aromatic rings. The lowest BCUT2D eigenvalue weighted by Crippen LogP contribution is -2.02. The van der Waals surface area contributed by atoms with Crippen molar-refractivity contribution in [3.63, 3.8) is 0 Å². The molecule has 1 aromatic carbocycles. The molecule has 0 atom stereocenters. The molecular weight excluding hydrogens is 226 g/mol. The zero-order valence-corrected chi connectivity index (χ0v) is 9.98. The summed E-state index contributed by atoms with van der Waals surface area (Å²) in [6, 6.07) is 7.95. The molecule has 0 aliphatic rings. The van der Waals surface area contributed by atoms with Gasteiger partial charge in [0.25, 0.3) is 0 Å². The van der Waals surface area contributed by atoms with Gasteiger partial charge in [0.05, 0.1) is 0 Å². The van der Waals surface area contributed by atoms with Crippen LogP contribution in [0.5, 0.6) is 0 Å². The molecule has 1 rings (SSSR count). The minimum Gasteiger partial charge on any atom is -0.265 e. The summed E-state index contributed by atoms with van der Waals surface area (Å²) in [5.74, 6) is 0. The van der Waals surface area contributed by atoms with Gasteiger partial charge in [-0.3, -0.25) is 4.28 Å². The molecule has 0 radical (unpaired) electrons. The van der Waals surface area contributed by atoms with E-state index in [0.717, 1.165) is 19.3 Å². The maximum absolute atomic E-state index is 11.5. The van der Waals surface area contributed by atoms with Crippen LogP contribution in [0.15, 0.2) is 40.4 Å². The van der Waals surface area contributed by atoms with Crippen LogP contribution in [-0.2, 0) is 14.4 Å². The number of hydrogen-bond acceptors (Lipinski definition) is 4. The van der Waals surface area contributed by atoms with Crippen LogP contribution >= 0.6 is 0 Å².